The van der Waals surface area contributed by atoms with E-state index in [4.69, 9.17) is 26.4 Å². The maximum atomic E-state index is 6.86. The molecule has 0 spiro atoms. The molecular formula is C26H33ClN4O. The molecule has 1 saturated carbocycles. The quantitative estimate of drug-likeness (QED) is 0.352. The van der Waals surface area contributed by atoms with Crippen LogP contribution in [0.5, 0.6) is 5.75 Å². The minimum Gasteiger partial charge on any atom is -0.496 e. The zero-order chi connectivity index (χ0) is 22.8. The number of hydrogen-bond acceptors (Lipinski definition) is 4. The van der Waals surface area contributed by atoms with E-state index in [1.165, 1.54) is 24.0 Å². The molecule has 0 radical (unpaired) electrons. The van der Waals surface area contributed by atoms with Gasteiger partial charge in [-0.1, -0.05) is 61.2 Å². The molecule has 3 aromatic rings. The molecule has 1 aromatic heterocycles. The lowest BCUT2D eigenvalue weighted by Gasteiger charge is -2.33. The van der Waals surface area contributed by atoms with Gasteiger partial charge in [0.05, 0.1) is 23.9 Å². The lowest BCUT2D eigenvalue weighted by atomic mass is 9.97. The Balaban J connectivity index is 1.88. The van der Waals surface area contributed by atoms with Gasteiger partial charge in [-0.2, -0.15) is 4.98 Å². The van der Waals surface area contributed by atoms with Crippen LogP contribution in [0.15, 0.2) is 36.4 Å². The number of anilines is 2. The Bertz CT molecular complexity index is 1070. The minimum absolute atomic E-state index is 0.102. The summed E-state index contributed by atoms with van der Waals surface area (Å²) in [5.74, 6) is 3.13. The molecule has 1 aliphatic carbocycles. The molecular weight excluding hydrogens is 420 g/mol. The van der Waals surface area contributed by atoms with E-state index in [1.54, 1.807) is 7.11 Å². The molecule has 0 bridgehead atoms. The average molecular weight is 453 g/mol. The fraction of sp³-hybridized carbons (Fsp3) is 0.462. The summed E-state index contributed by atoms with van der Waals surface area (Å²) in [5.41, 5.74) is 4.47. The molecule has 1 fully saturated rings. The summed E-state index contributed by atoms with van der Waals surface area (Å²) in [6.07, 6.45) is 4.62. The first-order valence-corrected chi connectivity index (χ1v) is 11.9. The van der Waals surface area contributed by atoms with Gasteiger partial charge in [0.15, 0.2) is 0 Å². The topological polar surface area (TPSA) is 43.2 Å². The van der Waals surface area contributed by atoms with Crippen LogP contribution in [-0.2, 0) is 6.54 Å². The van der Waals surface area contributed by atoms with Gasteiger partial charge in [-0.15, -0.1) is 5.10 Å². The predicted molar refractivity (Wildman–Crippen MR) is 131 cm³/mol. The highest BCUT2D eigenvalue weighted by Gasteiger charge is 2.34. The van der Waals surface area contributed by atoms with Crippen LogP contribution in [0.4, 0.5) is 11.6 Å². The fourth-order valence-electron chi connectivity index (χ4n) is 4.25. The van der Waals surface area contributed by atoms with E-state index in [2.05, 4.69) is 49.1 Å². The third-order valence-electron chi connectivity index (χ3n) is 6.25. The molecule has 0 N–H and O–H groups in total. The van der Waals surface area contributed by atoms with Crippen LogP contribution < -0.4 is 9.64 Å². The van der Waals surface area contributed by atoms with Crippen molar-refractivity contribution in [1.82, 2.24) is 14.8 Å². The minimum atomic E-state index is 0.102. The van der Waals surface area contributed by atoms with E-state index in [-0.39, 0.29) is 6.04 Å². The first-order chi connectivity index (χ1) is 15.4. The molecule has 170 valence electrons. The van der Waals surface area contributed by atoms with Gasteiger partial charge >= 0.3 is 0 Å². The van der Waals surface area contributed by atoms with Gasteiger partial charge in [0.2, 0.25) is 5.95 Å². The van der Waals surface area contributed by atoms with Crippen LogP contribution in [-0.4, -0.2) is 21.9 Å². The number of halogens is 1. The van der Waals surface area contributed by atoms with Crippen LogP contribution in [0, 0.1) is 26.7 Å². The van der Waals surface area contributed by atoms with Gasteiger partial charge in [0.1, 0.15) is 11.6 Å². The first-order valence-electron chi connectivity index (χ1n) is 11.5. The molecule has 0 aliphatic heterocycles. The summed E-state index contributed by atoms with van der Waals surface area (Å²) in [4.78, 5) is 7.15. The molecule has 4 rings (SSSR count). The van der Waals surface area contributed by atoms with Crippen molar-refractivity contribution >= 4 is 23.2 Å². The Labute approximate surface area is 196 Å². The largest absolute Gasteiger partial charge is 0.496 e. The van der Waals surface area contributed by atoms with E-state index >= 15 is 0 Å². The van der Waals surface area contributed by atoms with E-state index < -0.39 is 0 Å². The number of benzene rings is 2. The van der Waals surface area contributed by atoms with Crippen molar-refractivity contribution in [3.8, 4) is 5.75 Å². The number of aryl methyl sites for hydroxylation is 4. The molecule has 1 atom stereocenters. The van der Waals surface area contributed by atoms with Gasteiger partial charge in [-0.25, -0.2) is 4.68 Å². The van der Waals surface area contributed by atoms with Crippen LogP contribution >= 0.6 is 11.6 Å². The smallest absolute Gasteiger partial charge is 0.250 e. The normalized spacial score (nSPS) is 14.4. The van der Waals surface area contributed by atoms with Gasteiger partial charge < -0.3 is 9.64 Å². The summed E-state index contributed by atoms with van der Waals surface area (Å²) in [6.45, 7) is 9.20. The third kappa shape index (κ3) is 4.78. The molecule has 5 nitrogen and oxygen atoms in total. The lowest BCUT2D eigenvalue weighted by Crippen LogP contribution is -2.26. The molecule has 0 amide bonds. The van der Waals surface area contributed by atoms with Crippen LogP contribution in [0.1, 0.15) is 61.2 Å². The highest BCUT2D eigenvalue weighted by atomic mass is 35.5. The van der Waals surface area contributed by atoms with Crippen molar-refractivity contribution in [2.24, 2.45) is 5.92 Å². The van der Waals surface area contributed by atoms with Crippen LogP contribution in [0.25, 0.3) is 0 Å². The zero-order valence-electron chi connectivity index (χ0n) is 19.7. The zero-order valence-corrected chi connectivity index (χ0v) is 20.5. The summed E-state index contributed by atoms with van der Waals surface area (Å²) < 4.78 is 7.51. The molecule has 0 unspecified atom stereocenters. The summed E-state index contributed by atoms with van der Waals surface area (Å²) in [6, 6.07) is 12.9. The maximum Gasteiger partial charge on any atom is 0.250 e. The van der Waals surface area contributed by atoms with Crippen molar-refractivity contribution in [3.63, 3.8) is 0 Å². The SMILES string of the molecule is CCCn1nc(N(c2cc(C)c(OC)cc2Cl)[C@@H](CC2CC2)c2ccc(C)cc2)nc1C. The monoisotopic (exact) mass is 452 g/mol. The van der Waals surface area contributed by atoms with Crippen molar-refractivity contribution < 1.29 is 4.74 Å². The maximum absolute atomic E-state index is 6.86. The molecule has 1 heterocycles. The van der Waals surface area contributed by atoms with Gasteiger partial charge in [0.25, 0.3) is 0 Å². The van der Waals surface area contributed by atoms with Crippen LogP contribution in [0.2, 0.25) is 5.02 Å². The number of aromatic nitrogens is 3. The second kappa shape index (κ2) is 9.53. The van der Waals surface area contributed by atoms with Crippen molar-refractivity contribution in [2.75, 3.05) is 12.0 Å². The number of methoxy groups -OCH3 is 1. The second-order valence-corrected chi connectivity index (χ2v) is 9.34. The highest BCUT2D eigenvalue weighted by molar-refractivity contribution is 6.33. The molecule has 1 aliphatic rings. The van der Waals surface area contributed by atoms with Crippen molar-refractivity contribution in [3.05, 3.63) is 63.9 Å². The Morgan fingerprint density at radius 3 is 2.50 bits per heavy atom. The molecule has 6 heteroatoms. The fourth-order valence-corrected chi connectivity index (χ4v) is 4.49. The van der Waals surface area contributed by atoms with E-state index in [0.717, 1.165) is 48.1 Å². The predicted octanol–water partition coefficient (Wildman–Crippen LogP) is 6.95. The van der Waals surface area contributed by atoms with Crippen molar-refractivity contribution in [2.45, 2.75) is 66.0 Å². The average Bonchev–Trinajstić information content (AvgIpc) is 3.52. The highest BCUT2D eigenvalue weighted by Crippen LogP contribution is 2.46. The summed E-state index contributed by atoms with van der Waals surface area (Å²) in [7, 11) is 1.68. The Morgan fingerprint density at radius 1 is 1.16 bits per heavy atom. The Kier molecular flexibility index (Phi) is 6.75. The second-order valence-electron chi connectivity index (χ2n) is 8.93. The van der Waals surface area contributed by atoms with Crippen LogP contribution in [0.3, 0.4) is 0 Å². The number of ether oxygens (including phenoxy) is 1. The van der Waals surface area contributed by atoms with E-state index in [9.17, 15) is 0 Å². The number of rotatable bonds is 9. The molecule has 2 aromatic carbocycles. The lowest BCUT2D eigenvalue weighted by molar-refractivity contribution is 0.411. The standard InChI is InChI=1S/C26H33ClN4O/c1-6-13-30-19(4)28-26(29-30)31(24-14-18(3)25(32-5)16-22(24)27)23(15-20-9-10-20)21-11-7-17(2)8-12-21/h7-8,11-12,14,16,20,23H,6,9-10,13,15H2,1-5H3/t23-/m0/s1. The third-order valence-corrected chi connectivity index (χ3v) is 6.55. The van der Waals surface area contributed by atoms with E-state index in [1.807, 2.05) is 24.6 Å². The van der Waals surface area contributed by atoms with Gasteiger partial charge in [-0.3, -0.25) is 0 Å². The van der Waals surface area contributed by atoms with Gasteiger partial charge in [-0.05, 0) is 56.7 Å². The Morgan fingerprint density at radius 2 is 1.88 bits per heavy atom. The van der Waals surface area contributed by atoms with E-state index in [0.29, 0.717) is 11.0 Å². The Hall–Kier alpha value is -2.53. The molecule has 32 heavy (non-hydrogen) atoms. The van der Waals surface area contributed by atoms with Gasteiger partial charge in [0, 0.05) is 12.6 Å². The number of nitrogens with zero attached hydrogens (tertiary/aromatic N) is 4. The summed E-state index contributed by atoms with van der Waals surface area (Å²) in [5, 5.41) is 5.57. The number of hydrogen-bond donors (Lipinski definition) is 0. The first kappa shape index (κ1) is 22.7. The summed E-state index contributed by atoms with van der Waals surface area (Å²) >= 11 is 6.86. The van der Waals surface area contributed by atoms with Crippen molar-refractivity contribution in [1.29, 1.82) is 0 Å². The molecule has 0 saturated heterocycles.